The van der Waals surface area contributed by atoms with E-state index in [0.29, 0.717) is 22.9 Å². The van der Waals surface area contributed by atoms with Crippen LogP contribution in [-0.2, 0) is 13.1 Å². The number of ether oxygens (including phenoxy) is 1. The summed E-state index contributed by atoms with van der Waals surface area (Å²) in [5.41, 5.74) is 0.312. The molecule has 0 saturated heterocycles. The maximum atomic E-state index is 13.1. The normalized spacial score (nSPS) is 10.7. The van der Waals surface area contributed by atoms with Gasteiger partial charge in [-0.25, -0.2) is 23.9 Å². The van der Waals surface area contributed by atoms with Gasteiger partial charge in [0.05, 0.1) is 12.1 Å². The van der Waals surface area contributed by atoms with E-state index in [2.05, 4.69) is 15.3 Å². The van der Waals surface area contributed by atoms with Crippen LogP contribution < -0.4 is 21.4 Å². The van der Waals surface area contributed by atoms with Gasteiger partial charge in [-0.2, -0.15) is 4.98 Å². The first-order chi connectivity index (χ1) is 17.3. The molecule has 4 rings (SSSR count). The molecule has 0 aliphatic heterocycles. The number of carboxylic acids is 1. The minimum Gasteiger partial charge on any atom is -0.478 e. The predicted octanol–water partition coefficient (Wildman–Crippen LogP) is 4.15. The second-order valence-corrected chi connectivity index (χ2v) is 8.24. The van der Waals surface area contributed by atoms with Gasteiger partial charge >= 0.3 is 17.3 Å². The molecule has 11 heteroatoms. The van der Waals surface area contributed by atoms with Crippen molar-refractivity contribution < 1.29 is 14.6 Å². The van der Waals surface area contributed by atoms with Gasteiger partial charge in [0.15, 0.2) is 0 Å². The Hall–Kier alpha value is -4.44. The van der Waals surface area contributed by atoms with Gasteiger partial charge in [0.25, 0.3) is 0 Å². The molecular weight excluding hydrogens is 486 g/mol. The first-order valence-corrected chi connectivity index (χ1v) is 11.4. The Bertz CT molecular complexity index is 1500. The molecule has 0 aliphatic carbocycles. The maximum Gasteiger partial charge on any atom is 0.354 e. The van der Waals surface area contributed by atoms with Crippen molar-refractivity contribution in [1.29, 1.82) is 0 Å². The number of carboxylic acid groups (broad SMARTS) is 1. The van der Waals surface area contributed by atoms with E-state index in [1.54, 1.807) is 48.5 Å². The van der Waals surface area contributed by atoms with Gasteiger partial charge in [0.1, 0.15) is 5.75 Å². The number of carbonyl (C=O) groups is 1. The van der Waals surface area contributed by atoms with E-state index in [1.807, 2.05) is 6.92 Å². The quantitative estimate of drug-likeness (QED) is 0.346. The van der Waals surface area contributed by atoms with Crippen LogP contribution in [0.5, 0.6) is 11.6 Å². The van der Waals surface area contributed by atoms with Gasteiger partial charge in [0.2, 0.25) is 11.8 Å². The molecule has 10 nitrogen and oxygen atoms in total. The summed E-state index contributed by atoms with van der Waals surface area (Å²) in [5.74, 6) is -0.439. The Labute approximate surface area is 210 Å². The number of aromatic nitrogens is 4. The number of nitrogens with zero attached hydrogens (tertiary/aromatic N) is 4. The number of anilines is 2. The van der Waals surface area contributed by atoms with E-state index >= 15 is 0 Å². The summed E-state index contributed by atoms with van der Waals surface area (Å²) in [5, 5.41) is 12.7. The monoisotopic (exact) mass is 507 g/mol. The van der Waals surface area contributed by atoms with Crippen LogP contribution in [0.3, 0.4) is 0 Å². The van der Waals surface area contributed by atoms with Gasteiger partial charge in [-0.3, -0.25) is 4.57 Å². The van der Waals surface area contributed by atoms with Crippen LogP contribution in [-0.4, -0.2) is 30.2 Å². The van der Waals surface area contributed by atoms with E-state index in [4.69, 9.17) is 21.4 Å². The van der Waals surface area contributed by atoms with Crippen molar-refractivity contribution in [2.24, 2.45) is 0 Å². The summed E-state index contributed by atoms with van der Waals surface area (Å²) in [7, 11) is 0. The van der Waals surface area contributed by atoms with E-state index in [0.717, 1.165) is 10.1 Å². The Morgan fingerprint density at radius 1 is 1.06 bits per heavy atom. The Balaban J connectivity index is 1.61. The first kappa shape index (κ1) is 24.7. The van der Waals surface area contributed by atoms with E-state index in [1.165, 1.54) is 22.9 Å². The average Bonchev–Trinajstić information content (AvgIpc) is 2.86. The topological polar surface area (TPSA) is 128 Å². The number of aromatic carboxylic acids is 1. The highest BCUT2D eigenvalue weighted by molar-refractivity contribution is 6.30. The first-order valence-electron chi connectivity index (χ1n) is 11.0. The van der Waals surface area contributed by atoms with Crippen molar-refractivity contribution in [2.45, 2.75) is 26.4 Å². The molecule has 2 aromatic carbocycles. The lowest BCUT2D eigenvalue weighted by Crippen LogP contribution is -2.42. The fourth-order valence-electron chi connectivity index (χ4n) is 3.41. The summed E-state index contributed by atoms with van der Waals surface area (Å²) >= 11 is 5.98. The van der Waals surface area contributed by atoms with Gasteiger partial charge in [-0.15, -0.1) is 0 Å². The molecule has 0 amide bonds. The standard InChI is InChI=1S/C25H22ClN5O5/c1-2-13-30-24(34)29-23(31(25(30)35)15-16-3-5-18(26)6-4-16)28-19-7-9-20(10-8-19)36-21-14-17(22(32)33)11-12-27-21/h3-12,14H,2,13,15H2,1H3,(H,32,33)(H,28,29,34). The van der Waals surface area contributed by atoms with Crippen LogP contribution >= 0.6 is 11.6 Å². The molecule has 0 fully saturated rings. The zero-order chi connectivity index (χ0) is 25.7. The predicted molar refractivity (Wildman–Crippen MR) is 135 cm³/mol. The number of nitrogens with one attached hydrogen (secondary N) is 1. The molecule has 0 bridgehead atoms. The number of hydrogen-bond acceptors (Lipinski definition) is 7. The maximum absolute atomic E-state index is 13.1. The molecule has 0 radical (unpaired) electrons. The third-order valence-electron chi connectivity index (χ3n) is 5.17. The van der Waals surface area contributed by atoms with E-state index < -0.39 is 17.3 Å². The minimum atomic E-state index is -1.08. The van der Waals surface area contributed by atoms with Gasteiger partial charge < -0.3 is 15.2 Å². The molecule has 2 N–H and O–H groups in total. The molecule has 4 aromatic rings. The lowest BCUT2D eigenvalue weighted by molar-refractivity contribution is 0.0696. The summed E-state index contributed by atoms with van der Waals surface area (Å²) in [6, 6.07) is 16.4. The number of hydrogen-bond donors (Lipinski definition) is 2. The Morgan fingerprint density at radius 2 is 1.78 bits per heavy atom. The number of benzene rings is 2. The highest BCUT2D eigenvalue weighted by atomic mass is 35.5. The molecule has 2 heterocycles. The Morgan fingerprint density at radius 3 is 2.44 bits per heavy atom. The van der Waals surface area contributed by atoms with Gasteiger partial charge in [-0.05, 0) is 54.4 Å². The van der Waals surface area contributed by atoms with Crippen molar-refractivity contribution in [1.82, 2.24) is 19.1 Å². The lowest BCUT2D eigenvalue weighted by atomic mass is 10.2. The van der Waals surface area contributed by atoms with Crippen LogP contribution in [0, 0.1) is 0 Å². The highest BCUT2D eigenvalue weighted by Gasteiger charge is 2.14. The van der Waals surface area contributed by atoms with Gasteiger partial charge in [-0.1, -0.05) is 30.7 Å². The van der Waals surface area contributed by atoms with Crippen LogP contribution in [0.1, 0.15) is 29.3 Å². The fraction of sp³-hybridized carbons (Fsp3) is 0.160. The zero-order valence-electron chi connectivity index (χ0n) is 19.2. The second kappa shape index (κ2) is 10.9. The third kappa shape index (κ3) is 5.78. The largest absolute Gasteiger partial charge is 0.478 e. The van der Waals surface area contributed by atoms with Crippen molar-refractivity contribution in [3.8, 4) is 11.6 Å². The molecule has 0 spiro atoms. The SMILES string of the molecule is CCCn1c(=O)nc(Nc2ccc(Oc3cc(C(=O)O)ccn3)cc2)n(Cc2ccc(Cl)cc2)c1=O. The van der Waals surface area contributed by atoms with Crippen LogP contribution in [0.4, 0.5) is 11.6 Å². The zero-order valence-corrected chi connectivity index (χ0v) is 20.0. The molecule has 0 saturated carbocycles. The molecular formula is C25H22ClN5O5. The van der Waals surface area contributed by atoms with Crippen molar-refractivity contribution in [2.75, 3.05) is 5.32 Å². The number of pyridine rings is 1. The van der Waals surface area contributed by atoms with Gasteiger partial charge in [0, 0.05) is 29.5 Å². The molecule has 0 atom stereocenters. The summed E-state index contributed by atoms with van der Waals surface area (Å²) in [6.45, 7) is 2.31. The van der Waals surface area contributed by atoms with Crippen molar-refractivity contribution >= 4 is 29.2 Å². The smallest absolute Gasteiger partial charge is 0.354 e. The lowest BCUT2D eigenvalue weighted by Gasteiger charge is -2.16. The summed E-state index contributed by atoms with van der Waals surface area (Å²) in [4.78, 5) is 44.9. The van der Waals surface area contributed by atoms with Crippen LogP contribution in [0.15, 0.2) is 76.4 Å². The van der Waals surface area contributed by atoms with E-state index in [9.17, 15) is 14.4 Å². The molecule has 36 heavy (non-hydrogen) atoms. The minimum absolute atomic E-state index is 0.0563. The molecule has 0 unspecified atom stereocenters. The van der Waals surface area contributed by atoms with Crippen LogP contribution in [0.2, 0.25) is 5.02 Å². The molecule has 0 aliphatic rings. The third-order valence-corrected chi connectivity index (χ3v) is 5.42. The summed E-state index contributed by atoms with van der Waals surface area (Å²) < 4.78 is 8.13. The number of halogens is 1. The molecule has 2 aromatic heterocycles. The Kier molecular flexibility index (Phi) is 7.45. The number of rotatable bonds is 9. The summed E-state index contributed by atoms with van der Waals surface area (Å²) in [6.07, 6.45) is 1.96. The fourth-order valence-corrected chi connectivity index (χ4v) is 3.54. The van der Waals surface area contributed by atoms with E-state index in [-0.39, 0.29) is 30.5 Å². The van der Waals surface area contributed by atoms with Crippen LogP contribution in [0.25, 0.3) is 0 Å². The molecule has 184 valence electrons. The van der Waals surface area contributed by atoms with Crippen molar-refractivity contribution in [3.63, 3.8) is 0 Å². The average molecular weight is 508 g/mol. The van der Waals surface area contributed by atoms with Crippen molar-refractivity contribution in [3.05, 3.63) is 104 Å². The second-order valence-electron chi connectivity index (χ2n) is 7.80. The highest BCUT2D eigenvalue weighted by Crippen LogP contribution is 2.23.